The van der Waals surface area contributed by atoms with E-state index in [-0.39, 0.29) is 5.90 Å². The lowest BCUT2D eigenvalue weighted by atomic mass is 10.1. The molecule has 0 spiro atoms. The molecule has 0 amide bonds. The first-order valence-electron chi connectivity index (χ1n) is 8.18. The molecule has 1 unspecified atom stereocenters. The average molecular weight is 305 g/mol. The van der Waals surface area contributed by atoms with Crippen molar-refractivity contribution < 1.29 is 14.3 Å². The van der Waals surface area contributed by atoms with Gasteiger partial charge in [-0.1, -0.05) is 51.3 Å². The van der Waals surface area contributed by atoms with Crippen molar-refractivity contribution >= 4 is 11.9 Å². The number of carbonyl (C=O) groups is 1. The molecule has 0 saturated heterocycles. The predicted molar refractivity (Wildman–Crippen MR) is 88.3 cm³/mol. The molecular formula is C18H27NO3. The molecule has 0 aromatic heterocycles. The summed E-state index contributed by atoms with van der Waals surface area (Å²) in [6, 6.07) is 9.28. The number of rotatable bonds is 10. The van der Waals surface area contributed by atoms with Crippen LogP contribution in [0.2, 0.25) is 0 Å². The summed E-state index contributed by atoms with van der Waals surface area (Å²) in [5.41, 5.74) is 0. The highest BCUT2D eigenvalue weighted by Crippen LogP contribution is 2.16. The van der Waals surface area contributed by atoms with Gasteiger partial charge in [0.05, 0.1) is 0 Å². The minimum Gasteiger partial charge on any atom is -0.479 e. The monoisotopic (exact) mass is 305 g/mol. The molecule has 0 heterocycles. The second-order valence-corrected chi connectivity index (χ2v) is 5.36. The largest absolute Gasteiger partial charge is 0.479 e. The van der Waals surface area contributed by atoms with E-state index in [4.69, 9.17) is 14.9 Å². The standard InChI is InChI=1S/C18H27NO3/c1-3-5-8-13-16(21-15-11-9-7-10-12-15)18(20)22-17(19)14-6-4-2/h7,9-12,16,19H,3-6,8,13-14H2,1-2H3. The highest BCUT2D eigenvalue weighted by Gasteiger charge is 2.23. The molecule has 0 aliphatic rings. The van der Waals surface area contributed by atoms with Crippen LogP contribution in [0.25, 0.3) is 0 Å². The van der Waals surface area contributed by atoms with E-state index in [1.54, 1.807) is 0 Å². The van der Waals surface area contributed by atoms with E-state index in [1.165, 1.54) is 0 Å². The molecular weight excluding hydrogens is 278 g/mol. The maximum Gasteiger partial charge on any atom is 0.353 e. The van der Waals surface area contributed by atoms with Crippen LogP contribution < -0.4 is 4.74 Å². The van der Waals surface area contributed by atoms with Gasteiger partial charge in [0.25, 0.3) is 0 Å². The molecule has 0 bridgehead atoms. The Labute approximate surface area is 133 Å². The number of nitrogens with one attached hydrogen (secondary N) is 1. The van der Waals surface area contributed by atoms with Gasteiger partial charge in [-0.25, -0.2) is 4.79 Å². The molecule has 4 nitrogen and oxygen atoms in total. The first-order chi connectivity index (χ1) is 10.7. The third-order valence-electron chi connectivity index (χ3n) is 3.34. The molecule has 4 heteroatoms. The number of hydrogen-bond acceptors (Lipinski definition) is 4. The van der Waals surface area contributed by atoms with Gasteiger partial charge in [-0.15, -0.1) is 0 Å². The highest BCUT2D eigenvalue weighted by molar-refractivity contribution is 5.89. The van der Waals surface area contributed by atoms with Crippen molar-refractivity contribution in [2.45, 2.75) is 64.9 Å². The number of para-hydroxylation sites is 1. The summed E-state index contributed by atoms with van der Waals surface area (Å²) in [5, 5.41) is 7.71. The van der Waals surface area contributed by atoms with Crippen molar-refractivity contribution in [2.75, 3.05) is 0 Å². The Bertz CT molecular complexity index is 445. The fourth-order valence-electron chi connectivity index (χ4n) is 2.04. The van der Waals surface area contributed by atoms with E-state index < -0.39 is 12.1 Å². The first-order valence-corrected chi connectivity index (χ1v) is 8.18. The van der Waals surface area contributed by atoms with Crippen molar-refractivity contribution in [1.82, 2.24) is 0 Å². The van der Waals surface area contributed by atoms with Gasteiger partial charge in [-0.2, -0.15) is 0 Å². The maximum atomic E-state index is 12.2. The molecule has 0 saturated carbocycles. The summed E-state index contributed by atoms with van der Waals surface area (Å²) < 4.78 is 10.9. The van der Waals surface area contributed by atoms with Crippen LogP contribution in [-0.2, 0) is 9.53 Å². The number of unbranched alkanes of at least 4 members (excludes halogenated alkanes) is 3. The van der Waals surface area contributed by atoms with Gasteiger partial charge in [0.15, 0.2) is 12.0 Å². The first kappa shape index (κ1) is 18.2. The van der Waals surface area contributed by atoms with Crippen LogP contribution in [0.3, 0.4) is 0 Å². The van der Waals surface area contributed by atoms with Crippen LogP contribution >= 0.6 is 0 Å². The summed E-state index contributed by atoms with van der Waals surface area (Å²) in [6.45, 7) is 4.16. The normalized spacial score (nSPS) is 11.7. The molecule has 0 fully saturated rings. The van der Waals surface area contributed by atoms with E-state index in [2.05, 4.69) is 6.92 Å². The topological polar surface area (TPSA) is 59.4 Å². The SMILES string of the molecule is CCCCCC(Oc1ccccc1)C(=O)OC(=N)CCCC. The second-order valence-electron chi connectivity index (χ2n) is 5.36. The molecule has 0 radical (unpaired) electrons. The Kier molecular flexibility index (Phi) is 8.96. The molecule has 1 N–H and O–H groups in total. The predicted octanol–water partition coefficient (Wildman–Crippen LogP) is 4.72. The minimum absolute atomic E-state index is 0.0315. The fraction of sp³-hybridized carbons (Fsp3) is 0.556. The lowest BCUT2D eigenvalue weighted by molar-refractivity contribution is -0.144. The van der Waals surface area contributed by atoms with Crippen LogP contribution in [0.5, 0.6) is 5.75 Å². The van der Waals surface area contributed by atoms with Gasteiger partial charge < -0.3 is 9.47 Å². The van der Waals surface area contributed by atoms with E-state index in [9.17, 15) is 4.79 Å². The average Bonchev–Trinajstić information content (AvgIpc) is 2.53. The van der Waals surface area contributed by atoms with Gasteiger partial charge in [0, 0.05) is 6.42 Å². The van der Waals surface area contributed by atoms with E-state index in [0.29, 0.717) is 18.6 Å². The summed E-state index contributed by atoms with van der Waals surface area (Å²) in [7, 11) is 0. The van der Waals surface area contributed by atoms with Crippen molar-refractivity contribution in [2.24, 2.45) is 0 Å². The van der Waals surface area contributed by atoms with Crippen LogP contribution in [0, 0.1) is 5.41 Å². The van der Waals surface area contributed by atoms with Crippen LogP contribution in [0.1, 0.15) is 58.8 Å². The van der Waals surface area contributed by atoms with Crippen molar-refractivity contribution in [3.05, 3.63) is 30.3 Å². The third-order valence-corrected chi connectivity index (χ3v) is 3.34. The Morgan fingerprint density at radius 1 is 1.09 bits per heavy atom. The van der Waals surface area contributed by atoms with Crippen molar-refractivity contribution in [3.8, 4) is 5.75 Å². The number of hydrogen-bond donors (Lipinski definition) is 1. The van der Waals surface area contributed by atoms with Gasteiger partial charge in [0.1, 0.15) is 5.75 Å². The van der Waals surface area contributed by atoms with Crippen molar-refractivity contribution in [3.63, 3.8) is 0 Å². The second kappa shape index (κ2) is 10.8. The fourth-order valence-corrected chi connectivity index (χ4v) is 2.04. The smallest absolute Gasteiger partial charge is 0.353 e. The number of ether oxygens (including phenoxy) is 2. The zero-order valence-corrected chi connectivity index (χ0v) is 13.6. The van der Waals surface area contributed by atoms with Crippen molar-refractivity contribution in [1.29, 1.82) is 5.41 Å². The molecule has 1 aromatic rings. The molecule has 22 heavy (non-hydrogen) atoms. The molecule has 1 atom stereocenters. The summed E-state index contributed by atoms with van der Waals surface area (Å²) in [4.78, 5) is 12.2. The summed E-state index contributed by atoms with van der Waals surface area (Å²) in [6.07, 6.45) is 5.33. The maximum absolute atomic E-state index is 12.2. The van der Waals surface area contributed by atoms with Crippen LogP contribution in [-0.4, -0.2) is 18.0 Å². The molecule has 0 aliphatic carbocycles. The lowest BCUT2D eigenvalue weighted by Crippen LogP contribution is -2.31. The van der Waals surface area contributed by atoms with Gasteiger partial charge in [-0.05, 0) is 31.4 Å². The molecule has 122 valence electrons. The molecule has 1 aromatic carbocycles. The van der Waals surface area contributed by atoms with Gasteiger partial charge >= 0.3 is 5.97 Å². The molecule has 1 rings (SSSR count). The van der Waals surface area contributed by atoms with E-state index in [0.717, 1.165) is 32.1 Å². The van der Waals surface area contributed by atoms with Crippen LogP contribution in [0.15, 0.2) is 30.3 Å². The Balaban J connectivity index is 2.59. The van der Waals surface area contributed by atoms with E-state index in [1.807, 2.05) is 37.3 Å². The Hall–Kier alpha value is -1.84. The third kappa shape index (κ3) is 7.25. The van der Waals surface area contributed by atoms with Gasteiger partial charge in [-0.3, -0.25) is 5.41 Å². The number of carbonyl (C=O) groups excluding carboxylic acids is 1. The van der Waals surface area contributed by atoms with Crippen LogP contribution in [0.4, 0.5) is 0 Å². The summed E-state index contributed by atoms with van der Waals surface area (Å²) in [5.74, 6) is 0.228. The Morgan fingerprint density at radius 2 is 1.77 bits per heavy atom. The quantitative estimate of drug-likeness (QED) is 0.294. The molecule has 0 aliphatic heterocycles. The summed E-state index contributed by atoms with van der Waals surface area (Å²) >= 11 is 0. The minimum atomic E-state index is -0.643. The lowest BCUT2D eigenvalue weighted by Gasteiger charge is -2.18. The Morgan fingerprint density at radius 3 is 2.41 bits per heavy atom. The highest BCUT2D eigenvalue weighted by atomic mass is 16.6. The van der Waals surface area contributed by atoms with Gasteiger partial charge in [0.2, 0.25) is 0 Å². The number of esters is 1. The zero-order valence-electron chi connectivity index (χ0n) is 13.6. The van der Waals surface area contributed by atoms with E-state index >= 15 is 0 Å². The zero-order chi connectivity index (χ0) is 16.2. The number of benzene rings is 1.